The lowest BCUT2D eigenvalue weighted by Crippen LogP contribution is -1.96. The molecule has 0 aliphatic carbocycles. The highest BCUT2D eigenvalue weighted by Crippen LogP contribution is 2.18. The molecule has 2 rings (SSSR count). The zero-order valence-corrected chi connectivity index (χ0v) is 10.2. The summed E-state index contributed by atoms with van der Waals surface area (Å²) in [5.41, 5.74) is 1.18. The van der Waals surface area contributed by atoms with Gasteiger partial charge in [0.05, 0.1) is 4.47 Å². The van der Waals surface area contributed by atoms with Crippen LogP contribution in [0.3, 0.4) is 0 Å². The smallest absolute Gasteiger partial charge is 0.146 e. The highest BCUT2D eigenvalue weighted by Gasteiger charge is 2.03. The Hall–Kier alpha value is -0.930. The van der Waals surface area contributed by atoms with E-state index >= 15 is 0 Å². The summed E-state index contributed by atoms with van der Waals surface area (Å²) < 4.78 is 0.723. The molecule has 4 heteroatoms. The van der Waals surface area contributed by atoms with Crippen molar-refractivity contribution < 1.29 is 0 Å². The second-order valence-corrected chi connectivity index (χ2v) is 4.30. The van der Waals surface area contributed by atoms with Crippen LogP contribution >= 0.6 is 27.5 Å². The molecule has 15 heavy (non-hydrogen) atoms. The lowest BCUT2D eigenvalue weighted by atomic mass is 10.1. The Labute approximate surface area is 101 Å². The summed E-state index contributed by atoms with van der Waals surface area (Å²) in [5, 5.41) is 0.455. The van der Waals surface area contributed by atoms with Crippen LogP contribution < -0.4 is 0 Å². The third kappa shape index (κ3) is 2.76. The van der Waals surface area contributed by atoms with Gasteiger partial charge >= 0.3 is 0 Å². The number of nitrogens with zero attached hydrogens (tertiary/aromatic N) is 2. The first-order valence-electron chi connectivity index (χ1n) is 4.46. The van der Waals surface area contributed by atoms with Crippen LogP contribution in [-0.2, 0) is 6.42 Å². The molecule has 0 atom stereocenters. The van der Waals surface area contributed by atoms with E-state index in [1.165, 1.54) is 5.56 Å². The van der Waals surface area contributed by atoms with Gasteiger partial charge in [-0.1, -0.05) is 41.9 Å². The minimum Gasteiger partial charge on any atom is -0.240 e. The molecule has 1 aromatic carbocycles. The van der Waals surface area contributed by atoms with E-state index < -0.39 is 0 Å². The Bertz CT molecular complexity index is 459. The van der Waals surface area contributed by atoms with Crippen molar-refractivity contribution >= 4 is 27.5 Å². The van der Waals surface area contributed by atoms with E-state index in [0.29, 0.717) is 11.6 Å². The van der Waals surface area contributed by atoms with Crippen LogP contribution in [0, 0.1) is 0 Å². The van der Waals surface area contributed by atoms with Crippen molar-refractivity contribution in [3.05, 3.63) is 57.5 Å². The van der Waals surface area contributed by atoms with E-state index in [2.05, 4.69) is 25.9 Å². The van der Waals surface area contributed by atoms with Crippen molar-refractivity contribution in [3.63, 3.8) is 0 Å². The fourth-order valence-corrected chi connectivity index (χ4v) is 1.58. The maximum absolute atomic E-state index is 5.88. The summed E-state index contributed by atoms with van der Waals surface area (Å²) in [7, 11) is 0. The van der Waals surface area contributed by atoms with Gasteiger partial charge in [0.2, 0.25) is 0 Å². The van der Waals surface area contributed by atoms with Gasteiger partial charge in [-0.3, -0.25) is 0 Å². The monoisotopic (exact) mass is 282 g/mol. The lowest BCUT2D eigenvalue weighted by molar-refractivity contribution is 0.962. The van der Waals surface area contributed by atoms with E-state index in [-0.39, 0.29) is 0 Å². The van der Waals surface area contributed by atoms with Crippen LogP contribution in [0.25, 0.3) is 0 Å². The van der Waals surface area contributed by atoms with Gasteiger partial charge in [-0.25, -0.2) is 9.97 Å². The third-order valence-electron chi connectivity index (χ3n) is 1.96. The minimum absolute atomic E-state index is 0.455. The van der Waals surface area contributed by atoms with E-state index in [1.54, 1.807) is 6.20 Å². The molecule has 1 heterocycles. The van der Waals surface area contributed by atoms with Gasteiger partial charge in [0.25, 0.3) is 0 Å². The number of halogens is 2. The molecule has 0 amide bonds. The Kier molecular flexibility index (Phi) is 3.34. The van der Waals surface area contributed by atoms with Crippen LogP contribution in [-0.4, -0.2) is 9.97 Å². The zero-order chi connectivity index (χ0) is 10.7. The van der Waals surface area contributed by atoms with Gasteiger partial charge in [0, 0.05) is 12.6 Å². The van der Waals surface area contributed by atoms with Crippen molar-refractivity contribution in [2.45, 2.75) is 6.42 Å². The van der Waals surface area contributed by atoms with Gasteiger partial charge in [-0.05, 0) is 21.5 Å². The first kappa shape index (κ1) is 10.6. The first-order valence-corrected chi connectivity index (χ1v) is 5.63. The minimum atomic E-state index is 0.455. The second kappa shape index (κ2) is 4.73. The number of hydrogen-bond acceptors (Lipinski definition) is 2. The quantitative estimate of drug-likeness (QED) is 0.789. The van der Waals surface area contributed by atoms with Crippen molar-refractivity contribution in [2.75, 3.05) is 0 Å². The maximum atomic E-state index is 5.88. The molecule has 0 radical (unpaired) electrons. The second-order valence-electron chi connectivity index (χ2n) is 3.09. The molecule has 1 aromatic heterocycles. The Balaban J connectivity index is 2.22. The fraction of sp³-hybridized carbons (Fsp3) is 0.0909. The van der Waals surface area contributed by atoms with Crippen LogP contribution in [0.2, 0.25) is 5.15 Å². The molecule has 0 aliphatic rings. The van der Waals surface area contributed by atoms with Crippen molar-refractivity contribution in [1.82, 2.24) is 9.97 Å². The topological polar surface area (TPSA) is 25.8 Å². The van der Waals surface area contributed by atoms with Gasteiger partial charge in [-0.15, -0.1) is 0 Å². The molecule has 0 bridgehead atoms. The van der Waals surface area contributed by atoms with Crippen molar-refractivity contribution in [2.24, 2.45) is 0 Å². The summed E-state index contributed by atoms with van der Waals surface area (Å²) in [6.45, 7) is 0. The van der Waals surface area contributed by atoms with E-state index in [0.717, 1.165) is 10.3 Å². The Morgan fingerprint density at radius 1 is 1.20 bits per heavy atom. The van der Waals surface area contributed by atoms with Crippen LogP contribution in [0.5, 0.6) is 0 Å². The lowest BCUT2D eigenvalue weighted by Gasteiger charge is -2.01. The molecule has 76 valence electrons. The molecule has 0 unspecified atom stereocenters. The number of benzene rings is 1. The molecule has 0 saturated carbocycles. The summed E-state index contributed by atoms with van der Waals surface area (Å²) in [4.78, 5) is 8.37. The maximum Gasteiger partial charge on any atom is 0.146 e. The fourth-order valence-electron chi connectivity index (χ4n) is 1.24. The summed E-state index contributed by atoms with van der Waals surface area (Å²) in [6, 6.07) is 10.1. The normalized spacial score (nSPS) is 10.3. The molecular formula is C11H8BrClN2. The Morgan fingerprint density at radius 3 is 2.60 bits per heavy atom. The van der Waals surface area contributed by atoms with E-state index in [1.807, 2.05) is 30.3 Å². The van der Waals surface area contributed by atoms with Gasteiger partial charge < -0.3 is 0 Å². The summed E-state index contributed by atoms with van der Waals surface area (Å²) in [5.74, 6) is 0.731. The number of rotatable bonds is 2. The molecule has 0 aliphatic heterocycles. The largest absolute Gasteiger partial charge is 0.240 e. The molecule has 0 N–H and O–H groups in total. The van der Waals surface area contributed by atoms with Crippen molar-refractivity contribution in [1.29, 1.82) is 0 Å². The van der Waals surface area contributed by atoms with E-state index in [9.17, 15) is 0 Å². The molecule has 0 saturated heterocycles. The molecule has 2 aromatic rings. The molecule has 0 spiro atoms. The summed E-state index contributed by atoms with van der Waals surface area (Å²) in [6.07, 6.45) is 2.38. The molecule has 0 fully saturated rings. The van der Waals surface area contributed by atoms with Crippen LogP contribution in [0.4, 0.5) is 0 Å². The van der Waals surface area contributed by atoms with Gasteiger partial charge in [0.1, 0.15) is 11.0 Å². The highest BCUT2D eigenvalue weighted by atomic mass is 79.9. The third-order valence-corrected chi connectivity index (χ3v) is 3.05. The number of aromatic nitrogens is 2. The summed E-state index contributed by atoms with van der Waals surface area (Å²) >= 11 is 9.14. The van der Waals surface area contributed by atoms with Gasteiger partial charge in [0.15, 0.2) is 0 Å². The zero-order valence-electron chi connectivity index (χ0n) is 7.82. The predicted octanol–water partition coefficient (Wildman–Crippen LogP) is 3.48. The van der Waals surface area contributed by atoms with Gasteiger partial charge in [-0.2, -0.15) is 0 Å². The SMILES string of the molecule is Clc1nc(Cc2ccccc2)ncc1Br. The average molecular weight is 284 g/mol. The van der Waals surface area contributed by atoms with Crippen molar-refractivity contribution in [3.8, 4) is 0 Å². The highest BCUT2D eigenvalue weighted by molar-refractivity contribution is 9.10. The van der Waals surface area contributed by atoms with Crippen LogP contribution in [0.1, 0.15) is 11.4 Å². The van der Waals surface area contributed by atoms with Crippen LogP contribution in [0.15, 0.2) is 41.0 Å². The molecular weight excluding hydrogens is 275 g/mol. The first-order chi connectivity index (χ1) is 7.25. The average Bonchev–Trinajstić information content (AvgIpc) is 2.25. The predicted molar refractivity (Wildman–Crippen MR) is 64.0 cm³/mol. The van der Waals surface area contributed by atoms with E-state index in [4.69, 9.17) is 11.6 Å². The standard InChI is InChI=1S/C11H8BrClN2/c12-9-7-14-10(15-11(9)13)6-8-4-2-1-3-5-8/h1-5,7H,6H2. The molecule has 2 nitrogen and oxygen atoms in total. The number of hydrogen-bond donors (Lipinski definition) is 0. The Morgan fingerprint density at radius 2 is 1.93 bits per heavy atom.